The van der Waals surface area contributed by atoms with Gasteiger partial charge in [-0.25, -0.2) is 23.6 Å². The van der Waals surface area contributed by atoms with E-state index in [1.165, 1.54) is 42.1 Å². The van der Waals surface area contributed by atoms with Gasteiger partial charge in [0.2, 0.25) is 5.91 Å². The molecule has 0 saturated carbocycles. The van der Waals surface area contributed by atoms with Crippen LogP contribution in [0.1, 0.15) is 39.1 Å². The van der Waals surface area contributed by atoms with Gasteiger partial charge in [-0.1, -0.05) is 0 Å². The number of thiazole rings is 1. The summed E-state index contributed by atoms with van der Waals surface area (Å²) in [6.07, 6.45) is 1.70. The lowest BCUT2D eigenvalue weighted by Crippen LogP contribution is -2.52. The molecule has 0 spiro atoms. The number of nitrogens with zero attached hydrogens (tertiary/aromatic N) is 5. The molecule has 4 rings (SSSR count). The van der Waals surface area contributed by atoms with Crippen molar-refractivity contribution in [2.45, 2.75) is 52.1 Å². The van der Waals surface area contributed by atoms with Crippen LogP contribution in [0.15, 0.2) is 27.8 Å². The van der Waals surface area contributed by atoms with E-state index >= 15 is 8.78 Å². The molecule has 0 bridgehead atoms. The molecular weight excluding hydrogens is 522 g/mol. The minimum Gasteiger partial charge on any atom is -0.481 e. The number of amidine groups is 1. The fourth-order valence-electron chi connectivity index (χ4n) is 4.99. The molecule has 208 valence electrons. The SMILES string of the molecule is CCOC(=O)C1=C(CN2CC(F)(F)C3C2CN(C(C)=O)N3CCC(C)(C)C(=O)O)NC(c2nccs2)=NC1. The number of ether oxygens (including phenoxy) is 1. The van der Waals surface area contributed by atoms with Gasteiger partial charge in [0.1, 0.15) is 6.04 Å². The second-order valence-electron chi connectivity index (χ2n) is 10.2. The van der Waals surface area contributed by atoms with E-state index in [0.29, 0.717) is 16.5 Å². The average Bonchev–Trinajstić information content (AvgIpc) is 3.55. The molecule has 2 fully saturated rings. The zero-order chi connectivity index (χ0) is 27.8. The summed E-state index contributed by atoms with van der Waals surface area (Å²) >= 11 is 1.35. The minimum absolute atomic E-state index is 0.0145. The molecule has 14 heteroatoms. The number of nitrogens with one attached hydrogen (secondary N) is 1. The van der Waals surface area contributed by atoms with E-state index in [1.54, 1.807) is 23.4 Å². The first-order valence-corrected chi connectivity index (χ1v) is 13.2. The summed E-state index contributed by atoms with van der Waals surface area (Å²) in [6, 6.07) is -2.06. The number of carboxylic acids is 1. The number of carbonyl (C=O) groups is 3. The zero-order valence-electron chi connectivity index (χ0n) is 21.7. The smallest absolute Gasteiger partial charge is 0.337 e. The van der Waals surface area contributed by atoms with Crippen LogP contribution in [-0.2, 0) is 19.1 Å². The Balaban J connectivity index is 1.60. The van der Waals surface area contributed by atoms with Crippen LogP contribution in [0.2, 0.25) is 0 Å². The van der Waals surface area contributed by atoms with E-state index < -0.39 is 47.8 Å². The number of aromatic nitrogens is 1. The first-order chi connectivity index (χ1) is 17.9. The summed E-state index contributed by atoms with van der Waals surface area (Å²) in [6.45, 7) is 5.62. The van der Waals surface area contributed by atoms with Crippen molar-refractivity contribution in [2.24, 2.45) is 10.4 Å². The quantitative estimate of drug-likeness (QED) is 0.438. The highest BCUT2D eigenvalue weighted by Gasteiger charge is 2.62. The van der Waals surface area contributed by atoms with Crippen molar-refractivity contribution < 1.29 is 33.0 Å². The third-order valence-electron chi connectivity index (χ3n) is 7.13. The van der Waals surface area contributed by atoms with E-state index in [0.717, 1.165) is 0 Å². The number of carboxylic acid groups (broad SMARTS) is 1. The lowest BCUT2D eigenvalue weighted by atomic mass is 9.89. The Labute approximate surface area is 223 Å². The van der Waals surface area contributed by atoms with Gasteiger partial charge in [0.15, 0.2) is 10.8 Å². The molecule has 0 aromatic carbocycles. The van der Waals surface area contributed by atoms with Crippen molar-refractivity contribution >= 4 is 35.0 Å². The lowest BCUT2D eigenvalue weighted by molar-refractivity contribution is -0.156. The highest BCUT2D eigenvalue weighted by atomic mass is 32.1. The van der Waals surface area contributed by atoms with E-state index in [9.17, 15) is 19.5 Å². The summed E-state index contributed by atoms with van der Waals surface area (Å²) < 4.78 is 36.3. The monoisotopic (exact) mass is 554 g/mol. The summed E-state index contributed by atoms with van der Waals surface area (Å²) in [5.41, 5.74) is -0.495. The number of amides is 1. The van der Waals surface area contributed by atoms with Gasteiger partial charge in [0, 0.05) is 37.3 Å². The van der Waals surface area contributed by atoms with Crippen LogP contribution in [0.3, 0.4) is 0 Å². The molecule has 11 nitrogen and oxygen atoms in total. The van der Waals surface area contributed by atoms with Crippen molar-refractivity contribution in [3.05, 3.63) is 27.9 Å². The van der Waals surface area contributed by atoms with Gasteiger partial charge in [-0.2, -0.15) is 0 Å². The number of fused-ring (bicyclic) bond motifs is 1. The molecular formula is C24H32F2N6O5S. The van der Waals surface area contributed by atoms with Crippen LogP contribution in [0.4, 0.5) is 8.78 Å². The number of aliphatic carboxylic acids is 1. The van der Waals surface area contributed by atoms with Gasteiger partial charge >= 0.3 is 11.9 Å². The molecule has 1 amide bonds. The molecule has 38 heavy (non-hydrogen) atoms. The molecule has 1 aromatic heterocycles. The molecule has 1 aromatic rings. The maximum absolute atomic E-state index is 15.5. The van der Waals surface area contributed by atoms with E-state index in [-0.39, 0.29) is 44.8 Å². The number of hydrazine groups is 1. The Morgan fingerprint density at radius 1 is 1.34 bits per heavy atom. The van der Waals surface area contributed by atoms with Crippen LogP contribution in [0.5, 0.6) is 0 Å². The third-order valence-corrected chi connectivity index (χ3v) is 7.91. The number of carbonyl (C=O) groups excluding carboxylic acids is 2. The number of likely N-dealkylation sites (tertiary alicyclic amines) is 1. The van der Waals surface area contributed by atoms with Crippen molar-refractivity contribution in [2.75, 3.05) is 39.3 Å². The van der Waals surface area contributed by atoms with Crippen LogP contribution >= 0.6 is 11.3 Å². The Hall–Kier alpha value is -2.97. The molecule has 0 radical (unpaired) electrons. The number of rotatable bonds is 9. The standard InChI is InChI=1S/C24H32F2N6O5S/c1-5-37-21(34)15-10-28-19(20-27-7-9-38-20)29-16(15)11-30-13-24(25,26)18-17(30)12-32(14(2)33)31(18)8-6-23(3,4)22(35)36/h7,9,17-18H,5-6,8,10-13H2,1-4H3,(H,28,29)(H,35,36). The molecule has 0 aliphatic carbocycles. The summed E-state index contributed by atoms with van der Waals surface area (Å²) in [5, 5.41) is 17.6. The van der Waals surface area contributed by atoms with E-state index in [4.69, 9.17) is 4.74 Å². The molecule has 2 atom stereocenters. The number of halogens is 2. The Morgan fingerprint density at radius 2 is 2.08 bits per heavy atom. The lowest BCUT2D eigenvalue weighted by Gasteiger charge is -2.35. The summed E-state index contributed by atoms with van der Waals surface area (Å²) in [4.78, 5) is 46.9. The minimum atomic E-state index is -3.19. The summed E-state index contributed by atoms with van der Waals surface area (Å²) in [7, 11) is 0. The Bertz CT molecular complexity index is 1160. The first-order valence-electron chi connectivity index (χ1n) is 12.4. The number of esters is 1. The van der Waals surface area contributed by atoms with Crippen molar-refractivity contribution in [1.82, 2.24) is 25.2 Å². The maximum Gasteiger partial charge on any atom is 0.337 e. The third kappa shape index (κ3) is 5.43. The van der Waals surface area contributed by atoms with Crippen LogP contribution in [0, 0.1) is 5.41 Å². The largest absolute Gasteiger partial charge is 0.481 e. The number of hydrogen-bond donors (Lipinski definition) is 2. The second kappa shape index (κ2) is 10.7. The normalized spacial score (nSPS) is 23.7. The van der Waals surface area contributed by atoms with Gasteiger partial charge in [-0.05, 0) is 27.2 Å². The van der Waals surface area contributed by atoms with Gasteiger partial charge in [0.05, 0.1) is 43.3 Å². The molecule has 2 unspecified atom stereocenters. The van der Waals surface area contributed by atoms with Crippen LogP contribution in [0.25, 0.3) is 0 Å². The molecule has 4 heterocycles. The average molecular weight is 555 g/mol. The van der Waals surface area contributed by atoms with Gasteiger partial charge in [-0.15, -0.1) is 11.3 Å². The summed E-state index contributed by atoms with van der Waals surface area (Å²) in [5.74, 6) is -4.76. The number of alkyl halides is 2. The Kier molecular flexibility index (Phi) is 7.86. The topological polar surface area (TPSA) is 128 Å². The van der Waals surface area contributed by atoms with Crippen LogP contribution < -0.4 is 5.32 Å². The number of aliphatic imine (C=N–C) groups is 1. The van der Waals surface area contributed by atoms with Gasteiger partial charge < -0.3 is 15.2 Å². The van der Waals surface area contributed by atoms with Crippen molar-refractivity contribution in [3.63, 3.8) is 0 Å². The van der Waals surface area contributed by atoms with E-state index in [1.807, 2.05) is 0 Å². The zero-order valence-corrected chi connectivity index (χ0v) is 22.6. The highest BCUT2D eigenvalue weighted by molar-refractivity contribution is 7.11. The fourth-order valence-corrected chi connectivity index (χ4v) is 5.59. The molecule has 2 N–H and O–H groups in total. The first kappa shape index (κ1) is 28.0. The predicted octanol–water partition coefficient (Wildman–Crippen LogP) is 1.58. The maximum atomic E-state index is 15.5. The molecule has 3 aliphatic rings. The van der Waals surface area contributed by atoms with E-state index in [2.05, 4.69) is 15.3 Å². The van der Waals surface area contributed by atoms with Crippen molar-refractivity contribution in [1.29, 1.82) is 0 Å². The number of hydrogen-bond acceptors (Lipinski definition) is 10. The van der Waals surface area contributed by atoms with Crippen LogP contribution in [-0.4, -0.2) is 106 Å². The predicted molar refractivity (Wildman–Crippen MR) is 135 cm³/mol. The van der Waals surface area contributed by atoms with Gasteiger partial charge in [-0.3, -0.25) is 24.5 Å². The van der Waals surface area contributed by atoms with Gasteiger partial charge in [0.25, 0.3) is 5.92 Å². The highest BCUT2D eigenvalue weighted by Crippen LogP contribution is 2.42. The Morgan fingerprint density at radius 3 is 2.68 bits per heavy atom. The molecule has 2 saturated heterocycles. The second-order valence-corrected chi connectivity index (χ2v) is 11.1. The van der Waals surface area contributed by atoms with Crippen molar-refractivity contribution in [3.8, 4) is 0 Å². The fraction of sp³-hybridized carbons (Fsp3) is 0.625. The molecule has 3 aliphatic heterocycles.